The fourth-order valence-corrected chi connectivity index (χ4v) is 3.40. The third kappa shape index (κ3) is 8.47. The number of rotatable bonds is 9. The Bertz CT molecular complexity index is 676. The first-order valence-electron chi connectivity index (χ1n) is 10.5. The predicted molar refractivity (Wildman–Crippen MR) is 133 cm³/mol. The fourth-order valence-electron chi connectivity index (χ4n) is 3.27. The Morgan fingerprint density at radius 1 is 1.17 bits per heavy atom. The van der Waals surface area contributed by atoms with Crippen molar-refractivity contribution in [2.24, 2.45) is 10.9 Å². The van der Waals surface area contributed by atoms with Gasteiger partial charge in [0.1, 0.15) is 0 Å². The van der Waals surface area contributed by atoms with Crippen molar-refractivity contribution in [1.29, 1.82) is 0 Å². The van der Waals surface area contributed by atoms with E-state index >= 15 is 0 Å². The number of aliphatic imine (C=N–C) groups is 1. The lowest BCUT2D eigenvalue weighted by Gasteiger charge is -2.36. The molecular formula is C21H33ClIN5O2. The topological polar surface area (TPSA) is 69.2 Å². The van der Waals surface area contributed by atoms with Gasteiger partial charge in [-0.05, 0) is 49.4 Å². The molecule has 1 saturated heterocycles. The first kappa shape index (κ1) is 25.0. The molecule has 1 heterocycles. The number of amides is 1. The van der Waals surface area contributed by atoms with Crippen LogP contribution in [0.1, 0.15) is 19.3 Å². The summed E-state index contributed by atoms with van der Waals surface area (Å²) < 4.78 is 5.63. The third-order valence-corrected chi connectivity index (χ3v) is 5.52. The Kier molecular flexibility index (Phi) is 11.0. The Morgan fingerprint density at radius 3 is 2.50 bits per heavy atom. The number of guanidine groups is 1. The van der Waals surface area contributed by atoms with Gasteiger partial charge in [-0.3, -0.25) is 9.79 Å². The maximum Gasteiger partial charge on any atom is 0.242 e. The highest BCUT2D eigenvalue weighted by Crippen LogP contribution is 2.28. The van der Waals surface area contributed by atoms with E-state index in [4.69, 9.17) is 16.3 Å². The van der Waals surface area contributed by atoms with Gasteiger partial charge in [-0.1, -0.05) is 11.6 Å². The molecule has 0 radical (unpaired) electrons. The van der Waals surface area contributed by atoms with Crippen LogP contribution in [-0.4, -0.2) is 76.3 Å². The number of carbonyl (C=O) groups excluding carboxylic acids is 1. The molecule has 1 aromatic rings. The number of nitrogens with one attached hydrogen (secondary N) is 2. The van der Waals surface area contributed by atoms with Crippen molar-refractivity contribution in [3.05, 3.63) is 29.3 Å². The predicted octanol–water partition coefficient (Wildman–Crippen LogP) is 2.59. The van der Waals surface area contributed by atoms with Crippen LogP contribution in [0.4, 0.5) is 5.69 Å². The quantitative estimate of drug-likeness (QED) is 0.215. The van der Waals surface area contributed by atoms with E-state index < -0.39 is 0 Å². The highest BCUT2D eigenvalue weighted by Gasteiger charge is 2.22. The summed E-state index contributed by atoms with van der Waals surface area (Å²) >= 11 is 5.96. The Balaban J connectivity index is 0.00000320. The number of anilines is 1. The van der Waals surface area contributed by atoms with Crippen LogP contribution in [0.15, 0.2) is 29.3 Å². The van der Waals surface area contributed by atoms with E-state index in [0.717, 1.165) is 55.9 Å². The monoisotopic (exact) mass is 549 g/mol. The van der Waals surface area contributed by atoms with E-state index in [0.29, 0.717) is 19.0 Å². The van der Waals surface area contributed by atoms with Gasteiger partial charge in [0.15, 0.2) is 5.96 Å². The first-order chi connectivity index (χ1) is 14.2. The zero-order valence-corrected chi connectivity index (χ0v) is 20.7. The van der Waals surface area contributed by atoms with E-state index in [1.165, 1.54) is 12.8 Å². The van der Waals surface area contributed by atoms with Crippen molar-refractivity contribution in [2.75, 3.05) is 64.4 Å². The zero-order chi connectivity index (χ0) is 20.5. The van der Waals surface area contributed by atoms with Gasteiger partial charge in [0.25, 0.3) is 0 Å². The van der Waals surface area contributed by atoms with Crippen molar-refractivity contribution >= 4 is 53.1 Å². The molecule has 168 valence electrons. The van der Waals surface area contributed by atoms with Gasteiger partial charge < -0.3 is 25.2 Å². The number of nitrogens with zero attached hydrogens (tertiary/aromatic N) is 3. The van der Waals surface area contributed by atoms with Gasteiger partial charge in [-0.2, -0.15) is 0 Å². The SMILES string of the molecule is CN=C(NCCCOCC1CC1)NCC(=O)N1CCN(c2ccc(Cl)cc2)CC1.I. The van der Waals surface area contributed by atoms with Crippen molar-refractivity contribution in [3.63, 3.8) is 0 Å². The molecule has 0 spiro atoms. The number of hydrogen-bond acceptors (Lipinski definition) is 4. The van der Waals surface area contributed by atoms with Crippen molar-refractivity contribution in [2.45, 2.75) is 19.3 Å². The van der Waals surface area contributed by atoms with Crippen molar-refractivity contribution < 1.29 is 9.53 Å². The summed E-state index contributed by atoms with van der Waals surface area (Å²) in [6.07, 6.45) is 3.56. The van der Waals surface area contributed by atoms with Crippen LogP contribution in [0.25, 0.3) is 0 Å². The molecule has 1 aliphatic heterocycles. The van der Waals surface area contributed by atoms with Gasteiger partial charge in [0.05, 0.1) is 6.54 Å². The second-order valence-corrected chi connectivity index (χ2v) is 8.01. The number of hydrogen-bond donors (Lipinski definition) is 2. The van der Waals surface area contributed by atoms with Gasteiger partial charge in [-0.25, -0.2) is 0 Å². The van der Waals surface area contributed by atoms with Crippen LogP contribution >= 0.6 is 35.6 Å². The zero-order valence-electron chi connectivity index (χ0n) is 17.6. The highest BCUT2D eigenvalue weighted by molar-refractivity contribution is 14.0. The summed E-state index contributed by atoms with van der Waals surface area (Å²) in [6.45, 7) is 5.75. The Hall–Kier alpha value is -1.26. The number of piperazine rings is 1. The molecule has 2 fully saturated rings. The lowest BCUT2D eigenvalue weighted by molar-refractivity contribution is -0.130. The molecule has 1 aliphatic carbocycles. The third-order valence-electron chi connectivity index (χ3n) is 5.26. The molecule has 7 nitrogen and oxygen atoms in total. The molecule has 2 aliphatic rings. The van der Waals surface area contributed by atoms with Gasteiger partial charge in [-0.15, -0.1) is 24.0 Å². The van der Waals surface area contributed by atoms with Gasteiger partial charge >= 0.3 is 0 Å². The lowest BCUT2D eigenvalue weighted by atomic mass is 10.2. The van der Waals surface area contributed by atoms with Crippen LogP contribution in [0.5, 0.6) is 0 Å². The molecule has 9 heteroatoms. The number of ether oxygens (including phenoxy) is 1. The Labute approximate surface area is 201 Å². The highest BCUT2D eigenvalue weighted by atomic mass is 127. The summed E-state index contributed by atoms with van der Waals surface area (Å²) in [6, 6.07) is 7.84. The summed E-state index contributed by atoms with van der Waals surface area (Å²) in [5.74, 6) is 1.55. The average molecular weight is 550 g/mol. The van der Waals surface area contributed by atoms with Crippen LogP contribution in [0.3, 0.4) is 0 Å². The smallest absolute Gasteiger partial charge is 0.242 e. The minimum absolute atomic E-state index is 0. The largest absolute Gasteiger partial charge is 0.381 e. The number of benzene rings is 1. The molecule has 1 amide bonds. The molecule has 3 rings (SSSR count). The number of halogens is 2. The van der Waals surface area contributed by atoms with Crippen LogP contribution in [-0.2, 0) is 9.53 Å². The second-order valence-electron chi connectivity index (χ2n) is 7.57. The van der Waals surface area contributed by atoms with E-state index in [-0.39, 0.29) is 36.4 Å². The van der Waals surface area contributed by atoms with Gasteiger partial charge in [0, 0.05) is 63.7 Å². The normalized spacial score (nSPS) is 16.8. The standard InChI is InChI=1S/C21H32ClN5O2.HI/c1-23-21(24-9-2-14-29-16-17-3-4-17)25-15-20(28)27-12-10-26(11-13-27)19-7-5-18(22)6-8-19;/h5-8,17H,2-4,9-16H2,1H3,(H2,23,24,25);1H. The molecular weight excluding hydrogens is 517 g/mol. The summed E-state index contributed by atoms with van der Waals surface area (Å²) in [7, 11) is 1.72. The summed E-state index contributed by atoms with van der Waals surface area (Å²) in [5.41, 5.74) is 1.14. The molecule has 2 N–H and O–H groups in total. The van der Waals surface area contributed by atoms with Crippen molar-refractivity contribution in [3.8, 4) is 0 Å². The maximum atomic E-state index is 12.5. The van der Waals surface area contributed by atoms with E-state index in [1.807, 2.05) is 29.2 Å². The van der Waals surface area contributed by atoms with Crippen LogP contribution < -0.4 is 15.5 Å². The van der Waals surface area contributed by atoms with Crippen LogP contribution in [0.2, 0.25) is 5.02 Å². The summed E-state index contributed by atoms with van der Waals surface area (Å²) in [5, 5.41) is 7.08. The Morgan fingerprint density at radius 2 is 1.87 bits per heavy atom. The molecule has 0 bridgehead atoms. The molecule has 0 aromatic heterocycles. The van der Waals surface area contributed by atoms with Gasteiger partial charge in [0.2, 0.25) is 5.91 Å². The number of carbonyl (C=O) groups is 1. The molecule has 1 saturated carbocycles. The minimum Gasteiger partial charge on any atom is -0.381 e. The van der Waals surface area contributed by atoms with Crippen LogP contribution in [0, 0.1) is 5.92 Å². The second kappa shape index (κ2) is 13.2. The average Bonchev–Trinajstić information content (AvgIpc) is 3.57. The molecule has 0 unspecified atom stereocenters. The molecule has 0 atom stereocenters. The minimum atomic E-state index is 0. The first-order valence-corrected chi connectivity index (χ1v) is 10.8. The molecule has 1 aromatic carbocycles. The summed E-state index contributed by atoms with van der Waals surface area (Å²) in [4.78, 5) is 20.9. The lowest BCUT2D eigenvalue weighted by Crippen LogP contribution is -2.52. The molecule has 30 heavy (non-hydrogen) atoms. The fraction of sp³-hybridized carbons (Fsp3) is 0.619. The van der Waals surface area contributed by atoms with E-state index in [2.05, 4.69) is 20.5 Å². The van der Waals surface area contributed by atoms with Crippen molar-refractivity contribution in [1.82, 2.24) is 15.5 Å². The van der Waals surface area contributed by atoms with E-state index in [9.17, 15) is 4.79 Å². The van der Waals surface area contributed by atoms with E-state index in [1.54, 1.807) is 7.05 Å². The maximum absolute atomic E-state index is 12.5.